The van der Waals surface area contributed by atoms with E-state index >= 15 is 0 Å². The minimum Gasteiger partial charge on any atom is -0.493 e. The van der Waals surface area contributed by atoms with E-state index in [-0.39, 0.29) is 12.3 Å². The highest BCUT2D eigenvalue weighted by molar-refractivity contribution is 5.96. The molecule has 0 atom stereocenters. The summed E-state index contributed by atoms with van der Waals surface area (Å²) in [4.78, 5) is 24.8. The molecule has 0 aliphatic rings. The summed E-state index contributed by atoms with van der Waals surface area (Å²) in [7, 11) is 1.53. The molecule has 0 aliphatic heterocycles. The van der Waals surface area contributed by atoms with Crippen molar-refractivity contribution >= 4 is 11.8 Å². The molecule has 0 spiro atoms. The lowest BCUT2D eigenvalue weighted by Gasteiger charge is -2.13. The van der Waals surface area contributed by atoms with Gasteiger partial charge in [-0.05, 0) is 62.3 Å². The highest BCUT2D eigenvalue weighted by Gasteiger charge is 2.15. The van der Waals surface area contributed by atoms with Crippen molar-refractivity contribution in [2.45, 2.75) is 67.3 Å². The second kappa shape index (κ2) is 12.3. The first kappa shape index (κ1) is 26.2. The fraction of sp³-hybridized carbons (Fsp3) is 0.560. The number of hydrogen-bond acceptors (Lipinski definition) is 5. The molecule has 0 radical (unpaired) electrons. The lowest BCUT2D eigenvalue weighted by atomic mass is 10.1. The zero-order chi connectivity index (χ0) is 24.5. The highest BCUT2D eigenvalue weighted by atomic mass is 16.5. The molecule has 0 saturated heterocycles. The summed E-state index contributed by atoms with van der Waals surface area (Å²) < 4.78 is 13.1. The van der Waals surface area contributed by atoms with Crippen LogP contribution in [-0.4, -0.2) is 35.3 Å². The molecule has 2 N–H and O–H groups in total. The van der Waals surface area contributed by atoms with Crippen molar-refractivity contribution in [3.05, 3.63) is 40.7 Å². The number of nitrogens with zero attached hydrogens (tertiary/aromatic N) is 2. The van der Waals surface area contributed by atoms with Crippen LogP contribution in [0.5, 0.6) is 11.5 Å². The minimum atomic E-state index is -0.424. The van der Waals surface area contributed by atoms with Gasteiger partial charge in [0.15, 0.2) is 11.5 Å². The number of benzene rings is 1. The Labute approximate surface area is 197 Å². The molecule has 2 aromatic rings. The van der Waals surface area contributed by atoms with E-state index in [2.05, 4.69) is 43.6 Å². The lowest BCUT2D eigenvalue weighted by molar-refractivity contribution is -0.121. The van der Waals surface area contributed by atoms with Crippen LogP contribution in [0.3, 0.4) is 0 Å². The zero-order valence-corrected chi connectivity index (χ0v) is 20.9. The molecule has 8 heteroatoms. The van der Waals surface area contributed by atoms with Crippen LogP contribution in [-0.2, 0) is 17.8 Å². The van der Waals surface area contributed by atoms with Crippen LogP contribution >= 0.6 is 0 Å². The molecule has 0 fully saturated rings. The van der Waals surface area contributed by atoms with Gasteiger partial charge in [-0.3, -0.25) is 25.1 Å². The molecular formula is C25H38N4O4. The number of carbonyl (C=O) groups is 2. The van der Waals surface area contributed by atoms with Gasteiger partial charge >= 0.3 is 0 Å². The third kappa shape index (κ3) is 7.80. The number of amides is 2. The summed E-state index contributed by atoms with van der Waals surface area (Å²) in [5.74, 6) is 1.40. The fourth-order valence-electron chi connectivity index (χ4n) is 3.45. The minimum absolute atomic E-state index is 0.251. The van der Waals surface area contributed by atoms with Crippen LogP contribution < -0.4 is 20.3 Å². The van der Waals surface area contributed by atoms with Crippen molar-refractivity contribution in [2.24, 2.45) is 11.8 Å². The number of nitrogens with one attached hydrogen (secondary N) is 2. The maximum atomic E-state index is 12.5. The van der Waals surface area contributed by atoms with Crippen molar-refractivity contribution in [1.29, 1.82) is 0 Å². The Kier molecular flexibility index (Phi) is 9.75. The maximum absolute atomic E-state index is 12.5. The molecule has 0 unspecified atom stereocenters. The summed E-state index contributed by atoms with van der Waals surface area (Å²) in [6, 6.07) is 4.95. The van der Waals surface area contributed by atoms with Gasteiger partial charge in [-0.25, -0.2) is 0 Å². The van der Waals surface area contributed by atoms with E-state index in [1.807, 2.05) is 18.5 Å². The molecule has 1 aromatic carbocycles. The molecule has 0 saturated carbocycles. The standard InChI is InChI=1S/C25H38N4O4/c1-16(2)12-13-33-22-10-8-20(14-23(22)32-7)25(31)27-26-24(30)11-9-21-18(5)28-29(19(21)6)15-17(3)4/h8,10,14,16-17H,9,11-13,15H2,1-7H3,(H,26,30)(H,27,31). The van der Waals surface area contributed by atoms with Crippen molar-refractivity contribution in [1.82, 2.24) is 20.6 Å². The molecule has 2 rings (SSSR count). The number of aromatic nitrogens is 2. The molecule has 0 aliphatic carbocycles. The Hall–Kier alpha value is -3.03. The van der Waals surface area contributed by atoms with E-state index in [4.69, 9.17) is 9.47 Å². The highest BCUT2D eigenvalue weighted by Crippen LogP contribution is 2.28. The van der Waals surface area contributed by atoms with Gasteiger partial charge in [0, 0.05) is 24.2 Å². The number of methoxy groups -OCH3 is 1. The lowest BCUT2D eigenvalue weighted by Crippen LogP contribution is -2.41. The van der Waals surface area contributed by atoms with Gasteiger partial charge < -0.3 is 9.47 Å². The summed E-state index contributed by atoms with van der Waals surface area (Å²) in [6.45, 7) is 14.0. The summed E-state index contributed by atoms with van der Waals surface area (Å²) in [5, 5.41) is 4.59. The van der Waals surface area contributed by atoms with E-state index in [0.717, 1.165) is 29.9 Å². The predicted molar refractivity (Wildman–Crippen MR) is 128 cm³/mol. The Bertz CT molecular complexity index is 950. The average Bonchev–Trinajstić information content (AvgIpc) is 3.02. The van der Waals surface area contributed by atoms with E-state index in [0.29, 0.717) is 41.9 Å². The van der Waals surface area contributed by atoms with Gasteiger partial charge in [-0.15, -0.1) is 0 Å². The maximum Gasteiger partial charge on any atom is 0.269 e. The number of rotatable bonds is 11. The molecule has 33 heavy (non-hydrogen) atoms. The number of hydrogen-bond donors (Lipinski definition) is 2. The van der Waals surface area contributed by atoms with Crippen LogP contribution in [0, 0.1) is 25.7 Å². The number of carbonyl (C=O) groups excluding carboxylic acids is 2. The first-order chi connectivity index (χ1) is 15.6. The molecule has 1 aromatic heterocycles. The van der Waals surface area contributed by atoms with Crippen LogP contribution in [0.4, 0.5) is 0 Å². The Morgan fingerprint density at radius 1 is 1.06 bits per heavy atom. The number of aryl methyl sites for hydroxylation is 1. The Morgan fingerprint density at radius 2 is 1.79 bits per heavy atom. The molecule has 2 amide bonds. The molecule has 0 bridgehead atoms. The summed E-state index contributed by atoms with van der Waals surface area (Å²) in [5.41, 5.74) is 8.43. The number of ether oxygens (including phenoxy) is 2. The van der Waals surface area contributed by atoms with Gasteiger partial charge in [0.25, 0.3) is 5.91 Å². The van der Waals surface area contributed by atoms with Crippen LogP contribution in [0.15, 0.2) is 18.2 Å². The first-order valence-electron chi connectivity index (χ1n) is 11.5. The SMILES string of the molecule is COc1cc(C(=O)NNC(=O)CCc2c(C)nn(CC(C)C)c2C)ccc1OCCC(C)C. The molecule has 8 nitrogen and oxygen atoms in total. The first-order valence-corrected chi connectivity index (χ1v) is 11.5. The van der Waals surface area contributed by atoms with E-state index < -0.39 is 5.91 Å². The van der Waals surface area contributed by atoms with Crippen molar-refractivity contribution in [3.63, 3.8) is 0 Å². The quantitative estimate of drug-likeness (QED) is 0.497. The molecule has 182 valence electrons. The van der Waals surface area contributed by atoms with Crippen molar-refractivity contribution in [2.75, 3.05) is 13.7 Å². The number of hydrazine groups is 1. The summed E-state index contributed by atoms with van der Waals surface area (Å²) in [6.07, 6.45) is 1.74. The second-order valence-electron chi connectivity index (χ2n) is 9.12. The normalized spacial score (nSPS) is 11.1. The fourth-order valence-corrected chi connectivity index (χ4v) is 3.45. The van der Waals surface area contributed by atoms with Gasteiger partial charge in [0.1, 0.15) is 0 Å². The largest absolute Gasteiger partial charge is 0.493 e. The van der Waals surface area contributed by atoms with E-state index in [9.17, 15) is 9.59 Å². The average molecular weight is 459 g/mol. The third-order valence-electron chi connectivity index (χ3n) is 5.37. The van der Waals surface area contributed by atoms with Gasteiger partial charge in [-0.1, -0.05) is 27.7 Å². The second-order valence-corrected chi connectivity index (χ2v) is 9.12. The van der Waals surface area contributed by atoms with Gasteiger partial charge in [0.05, 0.1) is 19.4 Å². The van der Waals surface area contributed by atoms with Crippen molar-refractivity contribution < 1.29 is 19.1 Å². The van der Waals surface area contributed by atoms with Gasteiger partial charge in [-0.2, -0.15) is 5.10 Å². The van der Waals surface area contributed by atoms with Crippen LogP contribution in [0.25, 0.3) is 0 Å². The third-order valence-corrected chi connectivity index (χ3v) is 5.37. The Balaban J connectivity index is 1.89. The van der Waals surface area contributed by atoms with Crippen LogP contribution in [0.1, 0.15) is 67.8 Å². The smallest absolute Gasteiger partial charge is 0.269 e. The molecule has 1 heterocycles. The topological polar surface area (TPSA) is 94.5 Å². The Morgan fingerprint density at radius 3 is 2.42 bits per heavy atom. The monoisotopic (exact) mass is 458 g/mol. The summed E-state index contributed by atoms with van der Waals surface area (Å²) >= 11 is 0. The van der Waals surface area contributed by atoms with Crippen LogP contribution in [0.2, 0.25) is 0 Å². The van der Waals surface area contributed by atoms with Gasteiger partial charge in [0.2, 0.25) is 5.91 Å². The zero-order valence-electron chi connectivity index (χ0n) is 20.9. The predicted octanol–water partition coefficient (Wildman–Crippen LogP) is 3.98. The van der Waals surface area contributed by atoms with Crippen molar-refractivity contribution in [3.8, 4) is 11.5 Å². The molecular weight excluding hydrogens is 420 g/mol. The van der Waals surface area contributed by atoms with E-state index in [1.165, 1.54) is 7.11 Å². The van der Waals surface area contributed by atoms with E-state index in [1.54, 1.807) is 18.2 Å².